The molecule has 0 saturated heterocycles. The van der Waals surface area contributed by atoms with E-state index in [9.17, 15) is 0 Å². The number of hydrogen-bond acceptors (Lipinski definition) is 14. The maximum atomic E-state index is 9.00. The number of aryl methyl sites for hydroxylation is 5. The summed E-state index contributed by atoms with van der Waals surface area (Å²) in [6, 6.07) is 73.0. The third kappa shape index (κ3) is 36.3. The topological polar surface area (TPSA) is 254 Å². The molecule has 2 aliphatic heterocycles. The second kappa shape index (κ2) is 61.4. The van der Waals surface area contributed by atoms with Crippen LogP contribution in [0.5, 0.6) is 57.5 Å². The Bertz CT molecular complexity index is 5970. The minimum absolute atomic E-state index is 0. The van der Waals surface area contributed by atoms with Crippen LogP contribution in [-0.4, -0.2) is 52.1 Å². The molecule has 0 saturated carbocycles. The molecule has 0 fully saturated rings. The van der Waals surface area contributed by atoms with Gasteiger partial charge in [0, 0.05) is 78.2 Å². The van der Waals surface area contributed by atoms with Crippen molar-refractivity contribution in [3.05, 3.63) is 257 Å². The Morgan fingerprint density at radius 3 is 0.766 bits per heavy atom. The van der Waals surface area contributed by atoms with E-state index in [0.717, 1.165) is 118 Å². The van der Waals surface area contributed by atoms with E-state index >= 15 is 0 Å². The first kappa shape index (κ1) is 112. The minimum atomic E-state index is -0.833. The number of carboxylic acids is 2. The van der Waals surface area contributed by atoms with Gasteiger partial charge < -0.3 is 63.8 Å². The number of aliphatic carboxylic acids is 2. The fraction of sp³-hybridized carbons (Fsp3) is 0.400. The van der Waals surface area contributed by atoms with Gasteiger partial charge in [-0.25, -0.2) is 14.8 Å². The molecule has 5 heterocycles. The van der Waals surface area contributed by atoms with E-state index < -0.39 is 11.9 Å². The number of rotatable bonds is 50. The number of fused-ring (bicyclic) bond motifs is 20. The largest absolute Gasteiger partial charge is 2.00 e. The fourth-order valence-electron chi connectivity index (χ4n) is 17.3. The van der Waals surface area contributed by atoms with Gasteiger partial charge in [-0.2, -0.15) is 5.26 Å². The van der Waals surface area contributed by atoms with E-state index in [1.807, 2.05) is 91.0 Å². The number of nitrogens with zero attached hydrogens (tertiary/aromatic N) is 10. The van der Waals surface area contributed by atoms with E-state index in [1.54, 1.807) is 18.2 Å². The predicted octanol–water partition coefficient (Wildman–Crippen LogP) is 34.5. The van der Waals surface area contributed by atoms with E-state index in [0.29, 0.717) is 85.9 Å². The summed E-state index contributed by atoms with van der Waals surface area (Å²) < 4.78 is 32.5. The van der Waals surface area contributed by atoms with Crippen molar-refractivity contribution < 1.29 is 82.4 Å². The number of carboxylic acid groups (broad SMARTS) is 2. The van der Waals surface area contributed by atoms with Crippen molar-refractivity contribution in [2.45, 2.75) is 313 Å². The van der Waals surface area contributed by atoms with Gasteiger partial charge in [-0.15, -0.1) is 0 Å². The molecule has 141 heavy (non-hydrogen) atoms. The molecular weight excluding hydrogens is 1860 g/mol. The van der Waals surface area contributed by atoms with Crippen LogP contribution in [0.4, 0.5) is 5.69 Å². The SMILES string of the molecule is C.CC(=O)O.CC(=O)O.CCCCCCCCCc1ccc(Oc2ccc3c(c2)-c2nc-3nc3[n-]c(nc4nc(nc5[n-]c(n2)c2ccc(Oc6ccc(CCCCCCCCC)cc6)cc52)-c2ccc(Oc5ccc(CCCCCCCCC)cc5)cc2-4)c2ccc(Oc4ccc(CCCCCCCCC)cc4)cc32)cc1.[C-]#[N+]c1cc(Oc2ccc(CCCCCCCCC)cc2)ccc1C#N.[Zn+2].[Zn]. The minimum Gasteiger partial charge on any atom is -0.481 e. The molecule has 15 rings (SSSR count). The average molecular weight is 2000 g/mol. The molecule has 8 bridgehead atoms. The van der Waals surface area contributed by atoms with Crippen LogP contribution in [0.25, 0.3) is 94.5 Å². The standard InChI is InChI=1S/C92H104N8O4.C23H26N2O.2C2H4O2.CH4.2Zn/c1-5-9-13-17-21-25-29-33-65-37-45-69(46-38-65)101-73-53-57-77-81(61-73)89-93-85(77)98-90-83-63-75(103-71-49-41-67(42-50-71)35-31-27-23-19-15-11-7-3)55-59-79(83)87(95-90)100-92-84-64-76(104-72-51-43-68(44-52-72)36-32-28-24-20-16-12-8-4)56-60-80(84)88(96-92)99-91-82-62-74(54-58-78(82)86(94-91)97-89)102-70-47-39-66(40-48-70)34-30-26-22-18-14-10-6-2;1-3-4-5-6-7-8-9-10-19-11-14-21(15-12-19)26-22-16-13-20(18-24)23(17-22)25-2;2*1-2(3)4;;;/h37-64H,5-36H2,1-4H3;11-17H,3-10H2,1H3;2*1H3,(H,3,4);1H4;;/q-2;;;;;;+2. The molecule has 0 aliphatic carbocycles. The number of aromatic nitrogens is 8. The molecule has 21 heteroatoms. The third-order valence-corrected chi connectivity index (χ3v) is 24.9. The van der Waals surface area contributed by atoms with Gasteiger partial charge in [0.05, 0.1) is 41.5 Å². The summed E-state index contributed by atoms with van der Waals surface area (Å²) in [6.07, 6.45) is 50.5. The molecule has 0 radical (unpaired) electrons. The summed E-state index contributed by atoms with van der Waals surface area (Å²) in [5.41, 5.74) is 11.9. The van der Waals surface area contributed by atoms with Crippen LogP contribution in [0.3, 0.4) is 0 Å². The smallest absolute Gasteiger partial charge is 0.481 e. The number of ether oxygens (including phenoxy) is 5. The number of hydrogen-bond donors (Lipinski definition) is 2. The predicted molar refractivity (Wildman–Crippen MR) is 566 cm³/mol. The zero-order valence-electron chi connectivity index (χ0n) is 83.6. The maximum Gasteiger partial charge on any atom is 2.00 e. The summed E-state index contributed by atoms with van der Waals surface area (Å²) in [4.78, 5) is 64.1. The maximum absolute atomic E-state index is 9.00. The molecule has 13 aromatic rings. The first-order chi connectivity index (χ1) is 67.5. The van der Waals surface area contributed by atoms with Crippen molar-refractivity contribution in [1.82, 2.24) is 39.9 Å². The van der Waals surface area contributed by atoms with Crippen LogP contribution in [0.1, 0.15) is 314 Å². The molecule has 3 aromatic heterocycles. The van der Waals surface area contributed by atoms with E-state index in [1.165, 1.54) is 253 Å². The van der Waals surface area contributed by atoms with Gasteiger partial charge in [-0.3, -0.25) is 9.59 Å². The van der Waals surface area contributed by atoms with E-state index in [-0.39, 0.29) is 46.4 Å². The summed E-state index contributed by atoms with van der Waals surface area (Å²) in [7, 11) is 0. The Kier molecular flexibility index (Phi) is 48.9. The molecule has 2 N–H and O–H groups in total. The Hall–Kier alpha value is -12.3. The third-order valence-electron chi connectivity index (χ3n) is 24.9. The van der Waals surface area contributed by atoms with Gasteiger partial charge >= 0.3 is 19.5 Å². The average Bonchev–Trinajstić information content (AvgIpc) is 1.59. The summed E-state index contributed by atoms with van der Waals surface area (Å²) >= 11 is 0. The first-order valence-electron chi connectivity index (χ1n) is 51.0. The molecular formula is C120H142N10O9Zn2. The monoisotopic (exact) mass is 1990 g/mol. The second-order valence-electron chi connectivity index (χ2n) is 36.3. The summed E-state index contributed by atoms with van der Waals surface area (Å²) in [5.74, 6) is 6.87. The van der Waals surface area contributed by atoms with Crippen molar-refractivity contribution in [1.29, 1.82) is 5.26 Å². The van der Waals surface area contributed by atoms with Crippen LogP contribution in [0.2, 0.25) is 0 Å². The van der Waals surface area contributed by atoms with Gasteiger partial charge in [0.2, 0.25) is 5.69 Å². The van der Waals surface area contributed by atoms with Gasteiger partial charge in [0.1, 0.15) is 57.5 Å². The van der Waals surface area contributed by atoms with Crippen molar-refractivity contribution in [2.75, 3.05) is 0 Å². The van der Waals surface area contributed by atoms with Gasteiger partial charge in [-0.1, -0.05) is 301 Å². The summed E-state index contributed by atoms with van der Waals surface area (Å²) in [5, 5.41) is 26.8. The normalized spacial score (nSPS) is 10.9. The van der Waals surface area contributed by atoms with Crippen molar-refractivity contribution in [2.24, 2.45) is 0 Å². The molecule has 730 valence electrons. The van der Waals surface area contributed by atoms with Crippen molar-refractivity contribution >= 4 is 61.8 Å². The zero-order chi connectivity index (χ0) is 96.8. The number of carbonyl (C=O) groups is 2. The number of unbranched alkanes of at least 4 members (excludes halogenated alkanes) is 30. The van der Waals surface area contributed by atoms with Crippen LogP contribution < -0.4 is 33.7 Å². The first-order valence-corrected chi connectivity index (χ1v) is 51.0. The molecule has 0 atom stereocenters. The van der Waals surface area contributed by atoms with Crippen LogP contribution in [0, 0.1) is 17.9 Å². The van der Waals surface area contributed by atoms with E-state index in [2.05, 4.69) is 149 Å². The summed E-state index contributed by atoms with van der Waals surface area (Å²) in [6.45, 7) is 20.6. The van der Waals surface area contributed by atoms with Crippen LogP contribution in [-0.2, 0) is 80.6 Å². The molecule has 19 nitrogen and oxygen atoms in total. The van der Waals surface area contributed by atoms with Gasteiger partial charge in [0.25, 0.3) is 11.9 Å². The zero-order valence-corrected chi connectivity index (χ0v) is 89.6. The van der Waals surface area contributed by atoms with Crippen molar-refractivity contribution in [3.8, 4) is 109 Å². The Morgan fingerprint density at radius 2 is 0.511 bits per heavy atom. The van der Waals surface area contributed by atoms with E-state index in [4.69, 9.17) is 95.2 Å². The molecule has 0 unspecified atom stereocenters. The number of nitriles is 1. The van der Waals surface area contributed by atoms with Gasteiger partial charge in [0.15, 0.2) is 0 Å². The number of benzene rings is 10. The Balaban J connectivity index is 0.000000509. The molecule has 10 aromatic carbocycles. The van der Waals surface area contributed by atoms with Crippen molar-refractivity contribution in [3.63, 3.8) is 0 Å². The Labute approximate surface area is 862 Å². The molecule has 0 amide bonds. The second-order valence-corrected chi connectivity index (χ2v) is 36.3. The fourth-order valence-corrected chi connectivity index (χ4v) is 17.3. The molecule has 0 spiro atoms. The van der Waals surface area contributed by atoms with Gasteiger partial charge in [-0.05, 0) is 259 Å². The Morgan fingerprint density at radius 1 is 0.298 bits per heavy atom. The molecule has 2 aliphatic rings. The van der Waals surface area contributed by atoms with Crippen LogP contribution >= 0.6 is 0 Å². The quantitative estimate of drug-likeness (QED) is 0.0204. The van der Waals surface area contributed by atoms with Crippen LogP contribution in [0.15, 0.2) is 212 Å².